The highest BCUT2D eigenvalue weighted by Gasteiger charge is 2.07. The van der Waals surface area contributed by atoms with Crippen molar-refractivity contribution in [2.45, 2.75) is 13.2 Å². The van der Waals surface area contributed by atoms with Crippen molar-refractivity contribution in [3.8, 4) is 0 Å². The number of rotatable bonds is 4. The van der Waals surface area contributed by atoms with Gasteiger partial charge in [-0.2, -0.15) is 0 Å². The number of aromatic nitrogens is 4. The number of tetrazole rings is 1. The van der Waals surface area contributed by atoms with Gasteiger partial charge in [0.1, 0.15) is 13.2 Å². The number of hydrogen-bond donors (Lipinski definition) is 1. The van der Waals surface area contributed by atoms with Crippen molar-refractivity contribution in [3.63, 3.8) is 0 Å². The lowest BCUT2D eigenvalue weighted by Crippen LogP contribution is -2.13. The molecule has 1 heterocycles. The van der Waals surface area contributed by atoms with Gasteiger partial charge in [0.05, 0.1) is 0 Å². The quantitative estimate of drug-likeness (QED) is 0.620. The van der Waals surface area contributed by atoms with E-state index in [-0.39, 0.29) is 13.2 Å². The third kappa shape index (κ3) is 1.99. The van der Waals surface area contributed by atoms with E-state index in [1.807, 2.05) is 0 Å². The Morgan fingerprint density at radius 3 is 3.08 bits per heavy atom. The van der Waals surface area contributed by atoms with Gasteiger partial charge in [0, 0.05) is 7.11 Å². The van der Waals surface area contributed by atoms with Crippen molar-refractivity contribution >= 4 is 5.97 Å². The van der Waals surface area contributed by atoms with Crippen molar-refractivity contribution < 1.29 is 14.6 Å². The molecule has 1 aromatic rings. The van der Waals surface area contributed by atoms with E-state index in [1.54, 1.807) is 0 Å². The molecule has 7 heteroatoms. The summed E-state index contributed by atoms with van der Waals surface area (Å²) in [6.07, 6.45) is 0. The first-order valence-electron chi connectivity index (χ1n) is 3.20. The molecule has 12 heavy (non-hydrogen) atoms. The average molecular weight is 172 g/mol. The second kappa shape index (κ2) is 3.77. The summed E-state index contributed by atoms with van der Waals surface area (Å²) in [6, 6.07) is 0. The zero-order valence-corrected chi connectivity index (χ0v) is 6.47. The van der Waals surface area contributed by atoms with Crippen LogP contribution in [0.4, 0.5) is 0 Å². The van der Waals surface area contributed by atoms with Crippen molar-refractivity contribution in [2.75, 3.05) is 7.11 Å². The van der Waals surface area contributed by atoms with Crippen LogP contribution < -0.4 is 0 Å². The Hall–Kier alpha value is -1.50. The summed E-state index contributed by atoms with van der Waals surface area (Å²) in [5.41, 5.74) is 0. The van der Waals surface area contributed by atoms with Crippen molar-refractivity contribution in [1.29, 1.82) is 0 Å². The summed E-state index contributed by atoms with van der Waals surface area (Å²) >= 11 is 0. The Kier molecular flexibility index (Phi) is 2.70. The third-order valence-electron chi connectivity index (χ3n) is 1.16. The highest BCUT2D eigenvalue weighted by atomic mass is 16.5. The van der Waals surface area contributed by atoms with Gasteiger partial charge in [0.2, 0.25) is 0 Å². The van der Waals surface area contributed by atoms with E-state index in [0.717, 1.165) is 0 Å². The van der Waals surface area contributed by atoms with Crippen molar-refractivity contribution in [3.05, 3.63) is 5.82 Å². The highest BCUT2D eigenvalue weighted by molar-refractivity contribution is 5.66. The zero-order chi connectivity index (χ0) is 8.97. The van der Waals surface area contributed by atoms with Crippen molar-refractivity contribution in [1.82, 2.24) is 20.2 Å². The number of carboxylic acids is 1. The van der Waals surface area contributed by atoms with Crippen LogP contribution in [-0.4, -0.2) is 38.4 Å². The lowest BCUT2D eigenvalue weighted by atomic mass is 10.6. The number of ether oxygens (including phenoxy) is 1. The lowest BCUT2D eigenvalue weighted by Gasteiger charge is -1.98. The molecular formula is C5H8N4O3. The third-order valence-corrected chi connectivity index (χ3v) is 1.16. The van der Waals surface area contributed by atoms with Gasteiger partial charge in [0.15, 0.2) is 5.82 Å². The highest BCUT2D eigenvalue weighted by Crippen LogP contribution is 1.93. The van der Waals surface area contributed by atoms with Crippen LogP contribution in [0.15, 0.2) is 0 Å². The van der Waals surface area contributed by atoms with Gasteiger partial charge in [0.25, 0.3) is 0 Å². The Labute approximate surface area is 67.9 Å². The van der Waals surface area contributed by atoms with Crippen LogP contribution in [0.2, 0.25) is 0 Å². The molecule has 0 saturated heterocycles. The summed E-state index contributed by atoms with van der Waals surface area (Å²) < 4.78 is 5.92. The fraction of sp³-hybridized carbons (Fsp3) is 0.600. The zero-order valence-electron chi connectivity index (χ0n) is 6.47. The Morgan fingerprint density at radius 2 is 2.50 bits per heavy atom. The molecule has 0 saturated carbocycles. The largest absolute Gasteiger partial charge is 0.480 e. The predicted molar refractivity (Wildman–Crippen MR) is 36.2 cm³/mol. The molecule has 0 aliphatic rings. The standard InChI is InChI=1S/C5H8N4O3/c1-12-3-4-6-7-8-9(4)2-5(10)11/h2-3H2,1H3,(H,10,11). The minimum atomic E-state index is -0.986. The second-order valence-electron chi connectivity index (χ2n) is 2.08. The molecule has 0 unspecified atom stereocenters. The molecule has 0 radical (unpaired) electrons. The molecular weight excluding hydrogens is 164 g/mol. The minimum absolute atomic E-state index is 0.209. The summed E-state index contributed by atoms with van der Waals surface area (Å²) in [7, 11) is 1.49. The summed E-state index contributed by atoms with van der Waals surface area (Å²) in [6.45, 7) is -0.0357. The van der Waals surface area contributed by atoms with Gasteiger partial charge >= 0.3 is 5.97 Å². The van der Waals surface area contributed by atoms with Crippen LogP contribution >= 0.6 is 0 Å². The van der Waals surface area contributed by atoms with Gasteiger partial charge in [-0.05, 0) is 10.4 Å². The number of methoxy groups -OCH3 is 1. The van der Waals surface area contributed by atoms with E-state index in [9.17, 15) is 4.79 Å². The molecule has 0 aromatic carbocycles. The molecule has 66 valence electrons. The first-order chi connectivity index (χ1) is 5.74. The van der Waals surface area contributed by atoms with Crippen LogP contribution in [0.3, 0.4) is 0 Å². The van der Waals surface area contributed by atoms with E-state index in [4.69, 9.17) is 9.84 Å². The van der Waals surface area contributed by atoms with Gasteiger partial charge < -0.3 is 9.84 Å². The second-order valence-corrected chi connectivity index (χ2v) is 2.08. The maximum atomic E-state index is 10.3. The van der Waals surface area contributed by atoms with Gasteiger partial charge in [-0.15, -0.1) is 5.10 Å². The fourth-order valence-corrected chi connectivity index (χ4v) is 0.707. The molecule has 0 aliphatic heterocycles. The van der Waals surface area contributed by atoms with E-state index >= 15 is 0 Å². The fourth-order valence-electron chi connectivity index (χ4n) is 0.707. The number of carboxylic acid groups (broad SMARTS) is 1. The Bertz CT molecular complexity index is 271. The Balaban J connectivity index is 2.69. The molecule has 0 atom stereocenters. The lowest BCUT2D eigenvalue weighted by molar-refractivity contribution is -0.138. The van der Waals surface area contributed by atoms with Crippen LogP contribution in [-0.2, 0) is 22.7 Å². The first-order valence-corrected chi connectivity index (χ1v) is 3.20. The maximum Gasteiger partial charge on any atom is 0.325 e. The van der Waals surface area contributed by atoms with Crippen LogP contribution in [0, 0.1) is 0 Å². The summed E-state index contributed by atoms with van der Waals surface area (Å²) in [5.74, 6) is -0.584. The van der Waals surface area contributed by atoms with E-state index in [0.29, 0.717) is 5.82 Å². The Morgan fingerprint density at radius 1 is 1.75 bits per heavy atom. The molecule has 0 spiro atoms. The minimum Gasteiger partial charge on any atom is -0.480 e. The van der Waals surface area contributed by atoms with Gasteiger partial charge in [-0.25, -0.2) is 4.68 Å². The SMILES string of the molecule is COCc1nnnn1CC(=O)O. The summed E-state index contributed by atoms with van der Waals surface area (Å²) in [5, 5.41) is 18.8. The topological polar surface area (TPSA) is 90.1 Å². The predicted octanol–water partition coefficient (Wildman–Crippen LogP) is -1.10. The van der Waals surface area contributed by atoms with E-state index < -0.39 is 5.97 Å². The molecule has 0 aliphatic carbocycles. The maximum absolute atomic E-state index is 10.3. The summed E-state index contributed by atoms with van der Waals surface area (Å²) in [4.78, 5) is 10.3. The van der Waals surface area contributed by atoms with Gasteiger partial charge in [-0.3, -0.25) is 4.79 Å². The molecule has 1 N–H and O–H groups in total. The molecule has 0 fully saturated rings. The monoisotopic (exact) mass is 172 g/mol. The molecule has 0 bridgehead atoms. The van der Waals surface area contributed by atoms with E-state index in [1.165, 1.54) is 11.8 Å². The first kappa shape index (κ1) is 8.60. The van der Waals surface area contributed by atoms with Crippen LogP contribution in [0.1, 0.15) is 5.82 Å². The molecule has 1 aromatic heterocycles. The normalized spacial score (nSPS) is 10.1. The number of aliphatic carboxylic acids is 1. The van der Waals surface area contributed by atoms with Crippen molar-refractivity contribution in [2.24, 2.45) is 0 Å². The smallest absolute Gasteiger partial charge is 0.325 e. The number of nitrogens with zero attached hydrogens (tertiary/aromatic N) is 4. The van der Waals surface area contributed by atoms with Crippen LogP contribution in [0.5, 0.6) is 0 Å². The van der Waals surface area contributed by atoms with E-state index in [2.05, 4.69) is 15.5 Å². The molecule has 7 nitrogen and oxygen atoms in total. The molecule has 0 amide bonds. The number of carbonyl (C=O) groups is 1. The van der Waals surface area contributed by atoms with Crippen LogP contribution in [0.25, 0.3) is 0 Å². The molecule has 1 rings (SSSR count). The number of hydrogen-bond acceptors (Lipinski definition) is 5. The average Bonchev–Trinajstić information content (AvgIpc) is 2.37. The van der Waals surface area contributed by atoms with Gasteiger partial charge in [-0.1, -0.05) is 0 Å².